The molecule has 0 aromatic carbocycles. The molecule has 56 valence electrons. The van der Waals surface area contributed by atoms with E-state index in [0.717, 1.165) is 5.69 Å². The molecule has 0 radical (unpaired) electrons. The number of hydrogen-bond acceptors (Lipinski definition) is 4. The lowest BCUT2D eigenvalue weighted by Gasteiger charge is -1.87. The van der Waals surface area contributed by atoms with Gasteiger partial charge in [-0.05, 0) is 0 Å². The molecule has 10 heavy (non-hydrogen) atoms. The van der Waals surface area contributed by atoms with Gasteiger partial charge in [-0.1, -0.05) is 0 Å². The Morgan fingerprint density at radius 2 is 2.60 bits per heavy atom. The molecule has 0 saturated carbocycles. The number of thiazole rings is 1. The fourth-order valence-electron chi connectivity index (χ4n) is 0.597. The Balaban J connectivity index is 2.67. The summed E-state index contributed by atoms with van der Waals surface area (Å²) in [7, 11) is -0.815. The normalized spacial score (nSPS) is 13.3. The van der Waals surface area contributed by atoms with Crippen molar-refractivity contribution in [3.8, 4) is 0 Å². The van der Waals surface area contributed by atoms with Crippen LogP contribution < -0.4 is 5.73 Å². The van der Waals surface area contributed by atoms with Crippen LogP contribution in [0.2, 0.25) is 0 Å². The summed E-state index contributed by atoms with van der Waals surface area (Å²) in [6.07, 6.45) is 1.65. The van der Waals surface area contributed by atoms with E-state index in [-0.39, 0.29) is 0 Å². The van der Waals surface area contributed by atoms with Crippen LogP contribution in [0.5, 0.6) is 0 Å². The second-order valence-corrected chi connectivity index (χ2v) is 4.22. The lowest BCUT2D eigenvalue weighted by atomic mass is 10.6. The molecule has 1 atom stereocenters. The van der Waals surface area contributed by atoms with E-state index in [4.69, 9.17) is 5.73 Å². The molecule has 0 amide bonds. The Labute approximate surface area is 65.7 Å². The zero-order valence-corrected chi connectivity index (χ0v) is 7.17. The van der Waals surface area contributed by atoms with E-state index in [1.165, 1.54) is 11.3 Å². The average molecular weight is 176 g/mol. The maximum atomic E-state index is 10.7. The van der Waals surface area contributed by atoms with Gasteiger partial charge in [-0.2, -0.15) is 0 Å². The predicted octanol–water partition coefficient (Wildman–Crippen LogP) is 0.604. The molecular weight excluding hydrogens is 168 g/mol. The number of aromatic nitrogens is 1. The highest BCUT2D eigenvalue weighted by atomic mass is 32.2. The first-order valence-electron chi connectivity index (χ1n) is 2.68. The van der Waals surface area contributed by atoms with E-state index in [1.54, 1.807) is 6.26 Å². The zero-order valence-electron chi connectivity index (χ0n) is 5.53. The standard InChI is InChI=1S/C5H8N2OS2/c1-10(8)3-4-2-9-5(6)7-4/h2H,3H2,1H3,(H2,6,7). The Morgan fingerprint density at radius 1 is 1.90 bits per heavy atom. The number of nitrogen functional groups attached to an aromatic ring is 1. The minimum Gasteiger partial charge on any atom is -0.375 e. The van der Waals surface area contributed by atoms with Gasteiger partial charge in [-0.25, -0.2) is 4.98 Å². The predicted molar refractivity (Wildman–Crippen MR) is 44.3 cm³/mol. The maximum absolute atomic E-state index is 10.7. The second-order valence-electron chi connectivity index (χ2n) is 1.89. The van der Waals surface area contributed by atoms with Crippen molar-refractivity contribution in [2.45, 2.75) is 5.75 Å². The largest absolute Gasteiger partial charge is 0.375 e. The first kappa shape index (κ1) is 7.68. The molecule has 3 nitrogen and oxygen atoms in total. The van der Waals surface area contributed by atoms with E-state index in [1.807, 2.05) is 5.38 Å². The number of anilines is 1. The lowest BCUT2D eigenvalue weighted by molar-refractivity contribution is 0.686. The van der Waals surface area contributed by atoms with E-state index < -0.39 is 10.8 Å². The second kappa shape index (κ2) is 3.12. The molecular formula is C5H8N2OS2. The van der Waals surface area contributed by atoms with E-state index in [2.05, 4.69) is 4.98 Å². The quantitative estimate of drug-likeness (QED) is 0.718. The Bertz CT molecular complexity index is 246. The number of nitrogens with two attached hydrogens (primary N) is 1. The van der Waals surface area contributed by atoms with E-state index in [9.17, 15) is 4.21 Å². The Kier molecular flexibility index (Phi) is 2.39. The van der Waals surface area contributed by atoms with Crippen LogP contribution in [0.15, 0.2) is 5.38 Å². The van der Waals surface area contributed by atoms with Crippen LogP contribution >= 0.6 is 11.3 Å². The van der Waals surface area contributed by atoms with Crippen LogP contribution in [0.3, 0.4) is 0 Å². The molecule has 0 aliphatic heterocycles. The van der Waals surface area contributed by atoms with Gasteiger partial charge >= 0.3 is 0 Å². The molecule has 0 aliphatic carbocycles. The van der Waals surface area contributed by atoms with Gasteiger partial charge in [0.15, 0.2) is 5.13 Å². The third-order valence-corrected chi connectivity index (χ3v) is 2.35. The molecule has 0 bridgehead atoms. The summed E-state index contributed by atoms with van der Waals surface area (Å²) >= 11 is 1.38. The van der Waals surface area contributed by atoms with Crippen molar-refractivity contribution in [3.05, 3.63) is 11.1 Å². The highest BCUT2D eigenvalue weighted by Gasteiger charge is 1.99. The summed E-state index contributed by atoms with van der Waals surface area (Å²) in [5, 5.41) is 2.37. The molecule has 0 spiro atoms. The molecule has 0 saturated heterocycles. The maximum Gasteiger partial charge on any atom is 0.180 e. The number of nitrogens with zero attached hydrogens (tertiary/aromatic N) is 1. The third-order valence-electron chi connectivity index (χ3n) is 0.921. The van der Waals surface area contributed by atoms with Crippen molar-refractivity contribution in [3.63, 3.8) is 0 Å². The molecule has 1 unspecified atom stereocenters. The van der Waals surface area contributed by atoms with Gasteiger partial charge in [-0.3, -0.25) is 4.21 Å². The van der Waals surface area contributed by atoms with Crippen LogP contribution in [0, 0.1) is 0 Å². The van der Waals surface area contributed by atoms with Crippen molar-refractivity contribution < 1.29 is 4.21 Å². The molecule has 2 N–H and O–H groups in total. The highest BCUT2D eigenvalue weighted by Crippen LogP contribution is 2.11. The molecule has 0 fully saturated rings. The molecule has 0 aliphatic rings. The molecule has 1 heterocycles. The summed E-state index contributed by atoms with van der Waals surface area (Å²) < 4.78 is 10.7. The first-order chi connectivity index (χ1) is 4.68. The van der Waals surface area contributed by atoms with Gasteiger partial charge < -0.3 is 5.73 Å². The van der Waals surface area contributed by atoms with Crippen LogP contribution in [-0.2, 0) is 16.6 Å². The third kappa shape index (κ3) is 2.07. The minimum absolute atomic E-state index is 0.508. The van der Waals surface area contributed by atoms with Gasteiger partial charge in [0, 0.05) is 22.4 Å². The van der Waals surface area contributed by atoms with Crippen molar-refractivity contribution in [2.75, 3.05) is 12.0 Å². The van der Waals surface area contributed by atoms with Gasteiger partial charge in [0.2, 0.25) is 0 Å². The number of hydrogen-bond donors (Lipinski definition) is 1. The molecule has 1 aromatic heterocycles. The van der Waals surface area contributed by atoms with Crippen LogP contribution in [-0.4, -0.2) is 15.4 Å². The molecule has 5 heteroatoms. The van der Waals surface area contributed by atoms with Crippen molar-refractivity contribution in [1.82, 2.24) is 4.98 Å². The van der Waals surface area contributed by atoms with Gasteiger partial charge in [0.1, 0.15) is 0 Å². The SMILES string of the molecule is CS(=O)Cc1csc(N)n1. The van der Waals surface area contributed by atoms with Crippen molar-refractivity contribution in [2.24, 2.45) is 0 Å². The van der Waals surface area contributed by atoms with Crippen LogP contribution in [0.25, 0.3) is 0 Å². The zero-order chi connectivity index (χ0) is 7.56. The van der Waals surface area contributed by atoms with E-state index >= 15 is 0 Å². The van der Waals surface area contributed by atoms with Crippen molar-refractivity contribution in [1.29, 1.82) is 0 Å². The fraction of sp³-hybridized carbons (Fsp3) is 0.400. The lowest BCUT2D eigenvalue weighted by Crippen LogP contribution is -1.92. The highest BCUT2D eigenvalue weighted by molar-refractivity contribution is 7.83. The average Bonchev–Trinajstić information content (AvgIpc) is 2.13. The summed E-state index contributed by atoms with van der Waals surface area (Å²) in [6.45, 7) is 0. The Hall–Kier alpha value is -0.420. The van der Waals surface area contributed by atoms with E-state index in [0.29, 0.717) is 10.9 Å². The smallest absolute Gasteiger partial charge is 0.180 e. The fourth-order valence-corrected chi connectivity index (χ4v) is 1.83. The topological polar surface area (TPSA) is 56.0 Å². The van der Waals surface area contributed by atoms with Gasteiger partial charge in [-0.15, -0.1) is 11.3 Å². The summed E-state index contributed by atoms with van der Waals surface area (Å²) in [5.74, 6) is 0.508. The Morgan fingerprint density at radius 3 is 3.00 bits per heavy atom. The minimum atomic E-state index is -0.815. The summed E-state index contributed by atoms with van der Waals surface area (Å²) in [5.41, 5.74) is 6.19. The first-order valence-corrected chi connectivity index (χ1v) is 5.29. The monoisotopic (exact) mass is 176 g/mol. The molecule has 1 rings (SSSR count). The van der Waals surface area contributed by atoms with Gasteiger partial charge in [0.05, 0.1) is 11.4 Å². The van der Waals surface area contributed by atoms with Crippen LogP contribution in [0.4, 0.5) is 5.13 Å². The summed E-state index contributed by atoms with van der Waals surface area (Å²) in [6, 6.07) is 0. The summed E-state index contributed by atoms with van der Waals surface area (Å²) in [4.78, 5) is 3.95. The van der Waals surface area contributed by atoms with Crippen LogP contribution in [0.1, 0.15) is 5.69 Å². The molecule has 1 aromatic rings. The van der Waals surface area contributed by atoms with Crippen molar-refractivity contribution >= 4 is 27.3 Å². The number of rotatable bonds is 2. The van der Waals surface area contributed by atoms with Gasteiger partial charge in [0.25, 0.3) is 0 Å².